The average Bonchev–Trinajstić information content (AvgIpc) is 2.56. The largest absolute Gasteiger partial charge is 0.266 e. The summed E-state index contributed by atoms with van der Waals surface area (Å²) in [5.41, 5.74) is 2.77. The summed E-state index contributed by atoms with van der Waals surface area (Å²) in [6.07, 6.45) is 0. The maximum atomic E-state index is 8.83. The molecule has 0 amide bonds. The van der Waals surface area contributed by atoms with Gasteiger partial charge in [0.05, 0.1) is 17.1 Å². The molecule has 0 saturated carbocycles. The van der Waals surface area contributed by atoms with E-state index < -0.39 is 0 Å². The van der Waals surface area contributed by atoms with E-state index in [1.165, 1.54) is 0 Å². The van der Waals surface area contributed by atoms with Gasteiger partial charge < -0.3 is 0 Å². The van der Waals surface area contributed by atoms with Crippen LogP contribution in [-0.4, -0.2) is 9.78 Å². The number of rotatable bonds is 1. The fraction of sp³-hybridized carbons (Fsp3) is 0.333. The highest BCUT2D eigenvalue weighted by atomic mass is 15.3. The molecule has 0 fully saturated rings. The molecule has 2 aromatic rings. The molecule has 1 heterocycles. The SMILES string of the molecule is Cc1c2cc(C#N)ccc2nn1C(C)C. The van der Waals surface area contributed by atoms with Crippen molar-refractivity contribution in [2.75, 3.05) is 0 Å². The molecule has 0 N–H and O–H groups in total. The molecule has 0 aliphatic rings. The zero-order valence-electron chi connectivity index (χ0n) is 9.15. The summed E-state index contributed by atoms with van der Waals surface area (Å²) >= 11 is 0. The van der Waals surface area contributed by atoms with Gasteiger partial charge in [-0.15, -0.1) is 0 Å². The Morgan fingerprint density at radius 2 is 2.13 bits per heavy atom. The quantitative estimate of drug-likeness (QED) is 0.708. The van der Waals surface area contributed by atoms with Crippen molar-refractivity contribution in [3.8, 4) is 6.07 Å². The molecule has 3 heteroatoms. The van der Waals surface area contributed by atoms with E-state index in [-0.39, 0.29) is 0 Å². The normalized spacial score (nSPS) is 10.9. The Morgan fingerprint density at radius 3 is 2.73 bits per heavy atom. The lowest BCUT2D eigenvalue weighted by molar-refractivity contribution is 0.524. The third kappa shape index (κ3) is 1.48. The number of hydrogen-bond donors (Lipinski definition) is 0. The minimum absolute atomic E-state index is 0.350. The number of fused-ring (bicyclic) bond motifs is 1. The lowest BCUT2D eigenvalue weighted by Crippen LogP contribution is -2.04. The van der Waals surface area contributed by atoms with Crippen molar-refractivity contribution in [3.05, 3.63) is 29.5 Å². The molecule has 76 valence electrons. The Morgan fingerprint density at radius 1 is 1.40 bits per heavy atom. The highest BCUT2D eigenvalue weighted by Crippen LogP contribution is 2.21. The van der Waals surface area contributed by atoms with Crippen molar-refractivity contribution in [2.45, 2.75) is 26.8 Å². The maximum absolute atomic E-state index is 8.83. The van der Waals surface area contributed by atoms with E-state index >= 15 is 0 Å². The van der Waals surface area contributed by atoms with Crippen molar-refractivity contribution >= 4 is 10.9 Å². The minimum atomic E-state index is 0.350. The second-order valence-corrected chi connectivity index (χ2v) is 3.97. The van der Waals surface area contributed by atoms with Crippen molar-refractivity contribution in [1.29, 1.82) is 5.26 Å². The number of benzene rings is 1. The first kappa shape index (κ1) is 9.72. The molecule has 0 spiro atoms. The van der Waals surface area contributed by atoms with Crippen LogP contribution in [-0.2, 0) is 0 Å². The zero-order chi connectivity index (χ0) is 11.0. The number of nitrogens with zero attached hydrogens (tertiary/aromatic N) is 3. The average molecular weight is 199 g/mol. The number of hydrogen-bond acceptors (Lipinski definition) is 2. The summed E-state index contributed by atoms with van der Waals surface area (Å²) in [7, 11) is 0. The van der Waals surface area contributed by atoms with Crippen LogP contribution in [0.5, 0.6) is 0 Å². The van der Waals surface area contributed by atoms with E-state index in [9.17, 15) is 0 Å². The lowest BCUT2D eigenvalue weighted by atomic mass is 10.1. The third-order valence-electron chi connectivity index (χ3n) is 2.56. The van der Waals surface area contributed by atoms with Gasteiger partial charge in [-0.3, -0.25) is 4.68 Å². The molecular weight excluding hydrogens is 186 g/mol. The molecule has 0 saturated heterocycles. The third-order valence-corrected chi connectivity index (χ3v) is 2.56. The van der Waals surface area contributed by atoms with Crippen molar-refractivity contribution in [1.82, 2.24) is 9.78 Å². The molecule has 0 radical (unpaired) electrons. The lowest BCUT2D eigenvalue weighted by Gasteiger charge is -2.06. The van der Waals surface area contributed by atoms with Crippen LogP contribution >= 0.6 is 0 Å². The molecule has 0 aliphatic carbocycles. The van der Waals surface area contributed by atoms with Crippen LogP contribution < -0.4 is 0 Å². The Bertz CT molecular complexity index is 544. The smallest absolute Gasteiger partial charge is 0.0991 e. The number of aromatic nitrogens is 2. The van der Waals surface area contributed by atoms with Crippen LogP contribution in [0.1, 0.15) is 31.1 Å². The Hall–Kier alpha value is -1.82. The van der Waals surface area contributed by atoms with Crippen LogP contribution in [0, 0.1) is 18.3 Å². The fourth-order valence-electron chi connectivity index (χ4n) is 1.80. The molecule has 2 rings (SSSR count). The summed E-state index contributed by atoms with van der Waals surface area (Å²) < 4.78 is 1.99. The van der Waals surface area contributed by atoms with Gasteiger partial charge in [-0.25, -0.2) is 0 Å². The second-order valence-electron chi connectivity index (χ2n) is 3.97. The number of aryl methyl sites for hydroxylation is 1. The van der Waals surface area contributed by atoms with Crippen LogP contribution in [0.2, 0.25) is 0 Å². The van der Waals surface area contributed by atoms with Crippen molar-refractivity contribution < 1.29 is 0 Å². The molecule has 0 unspecified atom stereocenters. The highest BCUT2D eigenvalue weighted by molar-refractivity contribution is 5.82. The van der Waals surface area contributed by atoms with Gasteiger partial charge in [-0.2, -0.15) is 10.4 Å². The Labute approximate surface area is 88.9 Å². The highest BCUT2D eigenvalue weighted by Gasteiger charge is 2.09. The van der Waals surface area contributed by atoms with Gasteiger partial charge in [0.1, 0.15) is 0 Å². The van der Waals surface area contributed by atoms with E-state index in [0.717, 1.165) is 16.6 Å². The monoisotopic (exact) mass is 199 g/mol. The van der Waals surface area contributed by atoms with Crippen LogP contribution in [0.25, 0.3) is 10.9 Å². The topological polar surface area (TPSA) is 41.6 Å². The van der Waals surface area contributed by atoms with Gasteiger partial charge in [0.2, 0.25) is 0 Å². The summed E-state index contributed by atoms with van der Waals surface area (Å²) in [5, 5.41) is 14.4. The van der Waals surface area contributed by atoms with Gasteiger partial charge in [0.25, 0.3) is 0 Å². The van der Waals surface area contributed by atoms with Gasteiger partial charge in [0.15, 0.2) is 0 Å². The predicted molar refractivity (Wildman–Crippen MR) is 59.6 cm³/mol. The van der Waals surface area contributed by atoms with Crippen LogP contribution in [0.15, 0.2) is 18.2 Å². The van der Waals surface area contributed by atoms with E-state index in [1.807, 2.05) is 23.7 Å². The molecule has 0 aliphatic heterocycles. The van der Waals surface area contributed by atoms with E-state index in [1.54, 1.807) is 6.07 Å². The Balaban J connectivity index is 2.73. The number of nitriles is 1. The molecule has 15 heavy (non-hydrogen) atoms. The van der Waals surface area contributed by atoms with Crippen LogP contribution in [0.3, 0.4) is 0 Å². The second kappa shape index (κ2) is 3.39. The van der Waals surface area contributed by atoms with E-state index in [0.29, 0.717) is 11.6 Å². The predicted octanol–water partition coefficient (Wildman–Crippen LogP) is 2.80. The van der Waals surface area contributed by atoms with Gasteiger partial charge in [-0.05, 0) is 39.0 Å². The fourth-order valence-corrected chi connectivity index (χ4v) is 1.80. The zero-order valence-corrected chi connectivity index (χ0v) is 9.15. The summed E-state index contributed by atoms with van der Waals surface area (Å²) in [4.78, 5) is 0. The Kier molecular flexibility index (Phi) is 2.20. The molecule has 1 aromatic carbocycles. The molecule has 3 nitrogen and oxygen atoms in total. The minimum Gasteiger partial charge on any atom is -0.266 e. The van der Waals surface area contributed by atoms with Crippen molar-refractivity contribution in [3.63, 3.8) is 0 Å². The first-order valence-corrected chi connectivity index (χ1v) is 5.02. The van der Waals surface area contributed by atoms with Gasteiger partial charge in [-0.1, -0.05) is 0 Å². The first-order chi connectivity index (χ1) is 7.13. The molecule has 0 atom stereocenters. The standard InChI is InChI=1S/C12H13N3/c1-8(2)15-9(3)11-6-10(7-13)4-5-12(11)14-15/h4-6,8H,1-3H3. The summed E-state index contributed by atoms with van der Waals surface area (Å²) in [6, 6.07) is 8.10. The van der Waals surface area contributed by atoms with Gasteiger partial charge >= 0.3 is 0 Å². The van der Waals surface area contributed by atoms with E-state index in [2.05, 4.69) is 25.0 Å². The summed E-state index contributed by atoms with van der Waals surface area (Å²) in [5.74, 6) is 0. The first-order valence-electron chi connectivity index (χ1n) is 5.02. The summed E-state index contributed by atoms with van der Waals surface area (Å²) in [6.45, 7) is 6.24. The molecular formula is C12H13N3. The maximum Gasteiger partial charge on any atom is 0.0991 e. The van der Waals surface area contributed by atoms with E-state index in [4.69, 9.17) is 5.26 Å². The van der Waals surface area contributed by atoms with Crippen molar-refractivity contribution in [2.24, 2.45) is 0 Å². The molecule has 0 bridgehead atoms. The van der Waals surface area contributed by atoms with Gasteiger partial charge in [0, 0.05) is 17.1 Å². The molecule has 1 aromatic heterocycles. The van der Waals surface area contributed by atoms with Crippen LogP contribution in [0.4, 0.5) is 0 Å².